The molecule has 17 heavy (non-hydrogen) atoms. The van der Waals surface area contributed by atoms with Gasteiger partial charge in [0, 0.05) is 32.3 Å². The molecule has 0 saturated heterocycles. The normalized spacial score (nSPS) is 22.1. The SMILES string of the molecule is CCCN(CC1CC1)C(CNC1CC1)COC. The maximum Gasteiger partial charge on any atom is 0.0630 e. The van der Waals surface area contributed by atoms with E-state index in [4.69, 9.17) is 4.74 Å². The minimum atomic E-state index is 0.571. The molecule has 3 nitrogen and oxygen atoms in total. The number of methoxy groups -OCH3 is 1. The molecular formula is C14H28N2O. The molecule has 0 aromatic heterocycles. The minimum Gasteiger partial charge on any atom is -0.383 e. The van der Waals surface area contributed by atoms with E-state index in [2.05, 4.69) is 17.1 Å². The van der Waals surface area contributed by atoms with Crippen molar-refractivity contribution in [3.63, 3.8) is 0 Å². The first-order chi connectivity index (χ1) is 8.33. The van der Waals surface area contributed by atoms with Crippen molar-refractivity contribution in [1.82, 2.24) is 10.2 Å². The van der Waals surface area contributed by atoms with Gasteiger partial charge in [0.25, 0.3) is 0 Å². The zero-order chi connectivity index (χ0) is 12.1. The average molecular weight is 240 g/mol. The van der Waals surface area contributed by atoms with Gasteiger partial charge >= 0.3 is 0 Å². The highest BCUT2D eigenvalue weighted by molar-refractivity contribution is 4.86. The van der Waals surface area contributed by atoms with Gasteiger partial charge in [0.05, 0.1) is 6.61 Å². The summed E-state index contributed by atoms with van der Waals surface area (Å²) in [5.41, 5.74) is 0. The van der Waals surface area contributed by atoms with Crippen LogP contribution >= 0.6 is 0 Å². The molecule has 0 aromatic rings. The van der Waals surface area contributed by atoms with Crippen LogP contribution in [0.1, 0.15) is 39.0 Å². The molecule has 0 aliphatic heterocycles. The van der Waals surface area contributed by atoms with Crippen molar-refractivity contribution in [2.45, 2.75) is 51.1 Å². The van der Waals surface area contributed by atoms with E-state index >= 15 is 0 Å². The van der Waals surface area contributed by atoms with Gasteiger partial charge in [-0.1, -0.05) is 6.92 Å². The van der Waals surface area contributed by atoms with Crippen molar-refractivity contribution in [1.29, 1.82) is 0 Å². The Balaban J connectivity index is 1.78. The summed E-state index contributed by atoms with van der Waals surface area (Å²) in [4.78, 5) is 2.65. The summed E-state index contributed by atoms with van der Waals surface area (Å²) in [6, 6.07) is 1.37. The second kappa shape index (κ2) is 6.72. The third kappa shape index (κ3) is 4.94. The van der Waals surface area contributed by atoms with Gasteiger partial charge < -0.3 is 10.1 Å². The Morgan fingerprint density at radius 1 is 1.29 bits per heavy atom. The third-order valence-electron chi connectivity index (χ3n) is 3.80. The molecule has 0 bridgehead atoms. The lowest BCUT2D eigenvalue weighted by molar-refractivity contribution is 0.0855. The summed E-state index contributed by atoms with van der Waals surface area (Å²) in [5.74, 6) is 0.974. The predicted molar refractivity (Wildman–Crippen MR) is 71.3 cm³/mol. The van der Waals surface area contributed by atoms with Crippen LogP contribution in [0.25, 0.3) is 0 Å². The van der Waals surface area contributed by atoms with E-state index in [0.29, 0.717) is 6.04 Å². The Labute approximate surface area is 106 Å². The lowest BCUT2D eigenvalue weighted by atomic mass is 10.2. The predicted octanol–water partition coefficient (Wildman–Crippen LogP) is 1.88. The van der Waals surface area contributed by atoms with Crippen LogP contribution in [0, 0.1) is 5.92 Å². The highest BCUT2D eigenvalue weighted by atomic mass is 16.5. The van der Waals surface area contributed by atoms with E-state index in [1.165, 1.54) is 45.2 Å². The first-order valence-electron chi connectivity index (χ1n) is 7.29. The molecule has 1 unspecified atom stereocenters. The lowest BCUT2D eigenvalue weighted by Crippen LogP contribution is -2.46. The smallest absolute Gasteiger partial charge is 0.0630 e. The molecule has 2 rings (SSSR count). The molecule has 100 valence electrons. The summed E-state index contributed by atoms with van der Waals surface area (Å²) >= 11 is 0. The number of nitrogens with one attached hydrogen (secondary N) is 1. The molecular weight excluding hydrogens is 212 g/mol. The zero-order valence-electron chi connectivity index (χ0n) is 11.5. The van der Waals surface area contributed by atoms with Gasteiger partial charge in [-0.25, -0.2) is 0 Å². The van der Waals surface area contributed by atoms with Crippen molar-refractivity contribution in [2.24, 2.45) is 5.92 Å². The summed E-state index contributed by atoms with van der Waals surface area (Å²) < 4.78 is 5.40. The van der Waals surface area contributed by atoms with Crippen molar-refractivity contribution >= 4 is 0 Å². The van der Waals surface area contributed by atoms with Gasteiger partial charge in [0.1, 0.15) is 0 Å². The van der Waals surface area contributed by atoms with Crippen LogP contribution in [0.2, 0.25) is 0 Å². The topological polar surface area (TPSA) is 24.5 Å². The molecule has 2 aliphatic carbocycles. The Kier molecular flexibility index (Phi) is 5.26. The van der Waals surface area contributed by atoms with Crippen LogP contribution in [-0.4, -0.2) is 50.3 Å². The van der Waals surface area contributed by atoms with E-state index in [1.54, 1.807) is 0 Å². The summed E-state index contributed by atoms with van der Waals surface area (Å²) in [7, 11) is 1.82. The van der Waals surface area contributed by atoms with Crippen LogP contribution in [0.4, 0.5) is 0 Å². The highest BCUT2D eigenvalue weighted by Gasteiger charge is 2.29. The molecule has 1 N–H and O–H groups in total. The van der Waals surface area contributed by atoms with Gasteiger partial charge in [0.2, 0.25) is 0 Å². The first kappa shape index (κ1) is 13.3. The van der Waals surface area contributed by atoms with E-state index < -0.39 is 0 Å². The van der Waals surface area contributed by atoms with Crippen LogP contribution in [0.3, 0.4) is 0 Å². The quantitative estimate of drug-likeness (QED) is 0.631. The Hall–Kier alpha value is -0.120. The van der Waals surface area contributed by atoms with Gasteiger partial charge in [0.15, 0.2) is 0 Å². The van der Waals surface area contributed by atoms with Gasteiger partial charge in [-0.2, -0.15) is 0 Å². The molecule has 0 spiro atoms. The minimum absolute atomic E-state index is 0.571. The van der Waals surface area contributed by atoms with Crippen molar-refractivity contribution in [2.75, 3.05) is 33.4 Å². The number of nitrogens with zero attached hydrogens (tertiary/aromatic N) is 1. The number of ether oxygens (including phenoxy) is 1. The molecule has 3 heteroatoms. The molecule has 2 aliphatic rings. The standard InChI is InChI=1S/C14H28N2O/c1-3-8-16(10-12-4-5-12)14(11-17-2)9-15-13-6-7-13/h12-15H,3-11H2,1-2H3. The van der Waals surface area contributed by atoms with Crippen LogP contribution < -0.4 is 5.32 Å². The highest BCUT2D eigenvalue weighted by Crippen LogP contribution is 2.30. The fourth-order valence-electron chi connectivity index (χ4n) is 2.42. The number of rotatable bonds is 10. The third-order valence-corrected chi connectivity index (χ3v) is 3.80. The molecule has 2 fully saturated rings. The Morgan fingerprint density at radius 2 is 2.06 bits per heavy atom. The van der Waals surface area contributed by atoms with Gasteiger partial charge in [-0.15, -0.1) is 0 Å². The Morgan fingerprint density at radius 3 is 2.59 bits per heavy atom. The maximum absolute atomic E-state index is 5.40. The monoisotopic (exact) mass is 240 g/mol. The molecule has 2 saturated carbocycles. The van der Waals surface area contributed by atoms with Gasteiger partial charge in [-0.05, 0) is 44.6 Å². The van der Waals surface area contributed by atoms with E-state index in [9.17, 15) is 0 Å². The Bertz CT molecular complexity index is 214. The molecule has 0 aromatic carbocycles. The molecule has 0 heterocycles. The zero-order valence-corrected chi connectivity index (χ0v) is 11.5. The first-order valence-corrected chi connectivity index (χ1v) is 7.29. The summed E-state index contributed by atoms with van der Waals surface area (Å²) in [5, 5.41) is 3.65. The van der Waals surface area contributed by atoms with Gasteiger partial charge in [-0.3, -0.25) is 4.90 Å². The molecule has 1 atom stereocenters. The lowest BCUT2D eigenvalue weighted by Gasteiger charge is -2.31. The number of hydrogen-bond donors (Lipinski definition) is 1. The average Bonchev–Trinajstić information content (AvgIpc) is 3.17. The second-order valence-electron chi connectivity index (χ2n) is 5.73. The van der Waals surface area contributed by atoms with Crippen molar-refractivity contribution < 1.29 is 4.74 Å². The fraction of sp³-hybridized carbons (Fsp3) is 1.00. The van der Waals surface area contributed by atoms with Crippen molar-refractivity contribution in [3.05, 3.63) is 0 Å². The summed E-state index contributed by atoms with van der Waals surface area (Å²) in [6.45, 7) is 6.75. The van der Waals surface area contributed by atoms with Crippen LogP contribution in [0.5, 0.6) is 0 Å². The molecule has 0 amide bonds. The fourth-order valence-corrected chi connectivity index (χ4v) is 2.42. The van der Waals surface area contributed by atoms with E-state index in [0.717, 1.165) is 25.1 Å². The second-order valence-corrected chi connectivity index (χ2v) is 5.73. The van der Waals surface area contributed by atoms with Crippen LogP contribution in [-0.2, 0) is 4.74 Å². The molecule has 0 radical (unpaired) electrons. The number of hydrogen-bond acceptors (Lipinski definition) is 3. The van der Waals surface area contributed by atoms with E-state index in [1.807, 2.05) is 7.11 Å². The summed E-state index contributed by atoms with van der Waals surface area (Å²) in [6.07, 6.45) is 6.87. The van der Waals surface area contributed by atoms with Crippen LogP contribution in [0.15, 0.2) is 0 Å². The van der Waals surface area contributed by atoms with E-state index in [-0.39, 0.29) is 0 Å². The van der Waals surface area contributed by atoms with Crippen molar-refractivity contribution in [3.8, 4) is 0 Å². The largest absolute Gasteiger partial charge is 0.383 e. The maximum atomic E-state index is 5.40.